The van der Waals surface area contributed by atoms with Crippen molar-refractivity contribution in [1.29, 1.82) is 0 Å². The SMILES string of the molecule is CCC.CCC(C)N(C)C(=O)c1cc(-c2ccnc(NC(C)=O)c2)cnc1NC. The molecular weight excluding hydrogens is 366 g/mol. The van der Waals surface area contributed by atoms with Gasteiger partial charge in [0, 0.05) is 45.0 Å². The number of amides is 2. The van der Waals surface area contributed by atoms with Crippen LogP contribution in [-0.4, -0.2) is 46.8 Å². The normalized spacial score (nSPS) is 11.0. The molecule has 2 aromatic heterocycles. The van der Waals surface area contributed by atoms with Crippen molar-refractivity contribution in [2.24, 2.45) is 0 Å². The molecule has 0 aliphatic heterocycles. The first kappa shape index (κ1) is 24.1. The predicted molar refractivity (Wildman–Crippen MR) is 119 cm³/mol. The van der Waals surface area contributed by atoms with E-state index in [1.807, 2.05) is 26.0 Å². The Bertz CT molecular complexity index is 823. The van der Waals surface area contributed by atoms with E-state index in [1.54, 1.807) is 37.5 Å². The highest BCUT2D eigenvalue weighted by atomic mass is 16.2. The van der Waals surface area contributed by atoms with Gasteiger partial charge in [0.25, 0.3) is 5.91 Å². The van der Waals surface area contributed by atoms with Crippen molar-refractivity contribution >= 4 is 23.5 Å². The Labute approximate surface area is 173 Å². The summed E-state index contributed by atoms with van der Waals surface area (Å²) in [6.45, 7) is 9.73. The van der Waals surface area contributed by atoms with E-state index >= 15 is 0 Å². The van der Waals surface area contributed by atoms with Crippen LogP contribution in [0.3, 0.4) is 0 Å². The fourth-order valence-corrected chi connectivity index (χ4v) is 2.51. The molecule has 1 atom stereocenters. The third-order valence-corrected chi connectivity index (χ3v) is 4.32. The lowest BCUT2D eigenvalue weighted by atomic mass is 10.1. The standard InChI is InChI=1S/C19H25N5O2.C3H8/c1-6-12(2)24(5)19(26)16-9-15(11-22-18(16)20-4)14-7-8-21-17(10-14)23-13(3)25;1-3-2/h7-12H,6H2,1-5H3,(H,20,22)(H,21,23,25);3H2,1-2H3. The summed E-state index contributed by atoms with van der Waals surface area (Å²) in [5.41, 5.74) is 2.10. The highest BCUT2D eigenvalue weighted by Crippen LogP contribution is 2.25. The minimum absolute atomic E-state index is 0.0887. The Balaban J connectivity index is 0.00000132. The molecule has 0 aromatic carbocycles. The molecule has 0 fully saturated rings. The van der Waals surface area contributed by atoms with Crippen molar-refractivity contribution in [1.82, 2.24) is 14.9 Å². The van der Waals surface area contributed by atoms with Crippen LogP contribution in [0.2, 0.25) is 0 Å². The van der Waals surface area contributed by atoms with E-state index in [-0.39, 0.29) is 17.9 Å². The lowest BCUT2D eigenvalue weighted by Gasteiger charge is -2.24. The summed E-state index contributed by atoms with van der Waals surface area (Å²) in [4.78, 5) is 34.4. The topological polar surface area (TPSA) is 87.2 Å². The summed E-state index contributed by atoms with van der Waals surface area (Å²) in [7, 11) is 3.54. The molecule has 29 heavy (non-hydrogen) atoms. The summed E-state index contributed by atoms with van der Waals surface area (Å²) in [6.07, 6.45) is 5.42. The molecule has 0 radical (unpaired) electrons. The number of nitrogens with zero attached hydrogens (tertiary/aromatic N) is 3. The maximum absolute atomic E-state index is 12.9. The fraction of sp³-hybridized carbons (Fsp3) is 0.455. The Hall–Kier alpha value is -2.96. The predicted octanol–water partition coefficient (Wildman–Crippen LogP) is 4.43. The van der Waals surface area contributed by atoms with Gasteiger partial charge in [-0.2, -0.15) is 0 Å². The van der Waals surface area contributed by atoms with E-state index in [4.69, 9.17) is 0 Å². The molecule has 7 heteroatoms. The molecule has 0 aliphatic carbocycles. The highest BCUT2D eigenvalue weighted by Gasteiger charge is 2.20. The van der Waals surface area contributed by atoms with Gasteiger partial charge in [-0.05, 0) is 37.1 Å². The molecule has 0 spiro atoms. The molecule has 2 heterocycles. The van der Waals surface area contributed by atoms with Gasteiger partial charge in [0.1, 0.15) is 11.6 Å². The van der Waals surface area contributed by atoms with E-state index in [1.165, 1.54) is 13.3 Å². The molecule has 0 bridgehead atoms. The van der Waals surface area contributed by atoms with Gasteiger partial charge in [-0.25, -0.2) is 9.97 Å². The lowest BCUT2D eigenvalue weighted by Crippen LogP contribution is -2.35. The first-order valence-electron chi connectivity index (χ1n) is 9.97. The zero-order valence-electron chi connectivity index (χ0n) is 18.5. The van der Waals surface area contributed by atoms with Crippen LogP contribution in [0, 0.1) is 0 Å². The first-order valence-corrected chi connectivity index (χ1v) is 9.97. The second-order valence-electron chi connectivity index (χ2n) is 6.86. The zero-order chi connectivity index (χ0) is 22.0. The van der Waals surface area contributed by atoms with Crippen molar-refractivity contribution in [3.05, 3.63) is 36.2 Å². The molecule has 7 nitrogen and oxygen atoms in total. The van der Waals surface area contributed by atoms with E-state index in [2.05, 4.69) is 34.4 Å². The third-order valence-electron chi connectivity index (χ3n) is 4.32. The Morgan fingerprint density at radius 2 is 1.79 bits per heavy atom. The second kappa shape index (κ2) is 11.8. The van der Waals surface area contributed by atoms with Crippen molar-refractivity contribution in [3.63, 3.8) is 0 Å². The van der Waals surface area contributed by atoms with Gasteiger partial charge in [0.2, 0.25) is 5.91 Å². The third kappa shape index (κ3) is 6.85. The number of pyridine rings is 2. The molecule has 158 valence electrons. The molecule has 0 saturated carbocycles. The quantitative estimate of drug-likeness (QED) is 0.750. The Kier molecular flexibility index (Phi) is 9.79. The van der Waals surface area contributed by atoms with Crippen LogP contribution < -0.4 is 10.6 Å². The highest BCUT2D eigenvalue weighted by molar-refractivity contribution is 6.00. The summed E-state index contributed by atoms with van der Waals surface area (Å²) in [5, 5.41) is 5.63. The van der Waals surface area contributed by atoms with Crippen molar-refractivity contribution in [3.8, 4) is 11.1 Å². The molecule has 0 aliphatic rings. The monoisotopic (exact) mass is 399 g/mol. The number of carbonyl (C=O) groups excluding carboxylic acids is 2. The summed E-state index contributed by atoms with van der Waals surface area (Å²) in [5.74, 6) is 0.709. The van der Waals surface area contributed by atoms with Crippen LogP contribution in [0.5, 0.6) is 0 Å². The number of hydrogen-bond acceptors (Lipinski definition) is 5. The molecule has 2 N–H and O–H groups in total. The molecule has 1 unspecified atom stereocenters. The van der Waals surface area contributed by atoms with Crippen LogP contribution in [0.4, 0.5) is 11.6 Å². The number of anilines is 2. The average molecular weight is 400 g/mol. The molecule has 0 saturated heterocycles. The molecular formula is C22H33N5O2. The maximum atomic E-state index is 12.9. The van der Waals surface area contributed by atoms with Crippen molar-refractivity contribution in [2.45, 2.75) is 53.5 Å². The van der Waals surface area contributed by atoms with E-state index < -0.39 is 0 Å². The lowest BCUT2D eigenvalue weighted by molar-refractivity contribution is -0.114. The van der Waals surface area contributed by atoms with Gasteiger partial charge < -0.3 is 15.5 Å². The minimum Gasteiger partial charge on any atom is -0.372 e. The minimum atomic E-state index is -0.190. The number of rotatable bonds is 6. The van der Waals surface area contributed by atoms with Crippen LogP contribution in [0.25, 0.3) is 11.1 Å². The Morgan fingerprint density at radius 1 is 1.14 bits per heavy atom. The zero-order valence-corrected chi connectivity index (χ0v) is 18.5. The van der Waals surface area contributed by atoms with E-state index in [9.17, 15) is 9.59 Å². The van der Waals surface area contributed by atoms with Crippen LogP contribution in [0.1, 0.15) is 57.8 Å². The summed E-state index contributed by atoms with van der Waals surface area (Å²) in [6, 6.07) is 5.51. The van der Waals surface area contributed by atoms with Gasteiger partial charge >= 0.3 is 0 Å². The molecule has 2 rings (SSSR count). The van der Waals surface area contributed by atoms with Gasteiger partial charge in [0.15, 0.2) is 0 Å². The first-order chi connectivity index (χ1) is 13.8. The largest absolute Gasteiger partial charge is 0.372 e. The van der Waals surface area contributed by atoms with Gasteiger partial charge in [-0.1, -0.05) is 27.2 Å². The van der Waals surface area contributed by atoms with Crippen LogP contribution in [-0.2, 0) is 4.79 Å². The van der Waals surface area contributed by atoms with E-state index in [0.29, 0.717) is 17.2 Å². The smallest absolute Gasteiger partial charge is 0.257 e. The number of carbonyl (C=O) groups is 2. The number of hydrogen-bond donors (Lipinski definition) is 2. The number of aromatic nitrogens is 2. The number of nitrogens with one attached hydrogen (secondary N) is 2. The van der Waals surface area contributed by atoms with Crippen molar-refractivity contribution < 1.29 is 9.59 Å². The molecule has 2 amide bonds. The van der Waals surface area contributed by atoms with Crippen LogP contribution >= 0.6 is 0 Å². The van der Waals surface area contributed by atoms with Gasteiger partial charge in [-0.3, -0.25) is 9.59 Å². The fourth-order valence-electron chi connectivity index (χ4n) is 2.51. The maximum Gasteiger partial charge on any atom is 0.257 e. The molecule has 2 aromatic rings. The van der Waals surface area contributed by atoms with Crippen molar-refractivity contribution in [2.75, 3.05) is 24.7 Å². The summed E-state index contributed by atoms with van der Waals surface area (Å²) < 4.78 is 0. The van der Waals surface area contributed by atoms with Gasteiger partial charge in [-0.15, -0.1) is 0 Å². The summed E-state index contributed by atoms with van der Waals surface area (Å²) >= 11 is 0. The average Bonchev–Trinajstić information content (AvgIpc) is 2.71. The van der Waals surface area contributed by atoms with Crippen LogP contribution in [0.15, 0.2) is 30.6 Å². The van der Waals surface area contributed by atoms with Gasteiger partial charge in [0.05, 0.1) is 5.56 Å². The van der Waals surface area contributed by atoms with E-state index in [0.717, 1.165) is 17.5 Å². The second-order valence-corrected chi connectivity index (χ2v) is 6.86. The Morgan fingerprint density at radius 3 is 2.34 bits per heavy atom.